The molecule has 0 radical (unpaired) electrons. The molecular formula is C17H17N3O3. The largest absolute Gasteiger partial charge is 0.370 e. The fourth-order valence-corrected chi connectivity index (χ4v) is 3.17. The number of fused-ring (bicyclic) bond motifs is 1. The van der Waals surface area contributed by atoms with Crippen molar-refractivity contribution < 1.29 is 14.2 Å². The summed E-state index contributed by atoms with van der Waals surface area (Å²) in [6.45, 7) is 1.59. The summed E-state index contributed by atoms with van der Waals surface area (Å²) in [6.07, 6.45) is 3.06. The van der Waals surface area contributed by atoms with Gasteiger partial charge in [-0.1, -0.05) is 30.3 Å². The van der Waals surface area contributed by atoms with Gasteiger partial charge in [-0.3, -0.25) is 4.68 Å². The molecule has 4 atom stereocenters. The Morgan fingerprint density at radius 1 is 1.22 bits per heavy atom. The average Bonchev–Trinajstić information content (AvgIpc) is 3.30. The van der Waals surface area contributed by atoms with Gasteiger partial charge in [0.15, 0.2) is 0 Å². The molecule has 0 N–H and O–H groups in total. The van der Waals surface area contributed by atoms with E-state index in [1.54, 1.807) is 17.1 Å². The van der Waals surface area contributed by atoms with Gasteiger partial charge < -0.3 is 14.2 Å². The first-order chi connectivity index (χ1) is 11.3. The SMILES string of the molecule is N#Cc1cnn([C@H]2COC3C2OC[C@H]3OCc2ccccc2)c1. The van der Waals surface area contributed by atoms with Gasteiger partial charge >= 0.3 is 0 Å². The van der Waals surface area contributed by atoms with Gasteiger partial charge in [0, 0.05) is 6.20 Å². The van der Waals surface area contributed by atoms with Crippen molar-refractivity contribution in [2.24, 2.45) is 0 Å². The highest BCUT2D eigenvalue weighted by Gasteiger charge is 2.49. The van der Waals surface area contributed by atoms with Crippen LogP contribution in [-0.2, 0) is 20.8 Å². The smallest absolute Gasteiger partial charge is 0.114 e. The van der Waals surface area contributed by atoms with Gasteiger partial charge in [-0.15, -0.1) is 0 Å². The van der Waals surface area contributed by atoms with Crippen molar-refractivity contribution in [3.63, 3.8) is 0 Å². The zero-order valence-corrected chi connectivity index (χ0v) is 12.5. The minimum atomic E-state index is -0.0848. The third-order valence-electron chi connectivity index (χ3n) is 4.36. The van der Waals surface area contributed by atoms with Crippen molar-refractivity contribution in [1.29, 1.82) is 5.26 Å². The van der Waals surface area contributed by atoms with Crippen molar-refractivity contribution in [2.75, 3.05) is 13.2 Å². The predicted octanol–water partition coefficient (Wildman–Crippen LogP) is 1.68. The lowest BCUT2D eigenvalue weighted by molar-refractivity contribution is -0.0399. The second-order valence-electron chi connectivity index (χ2n) is 5.82. The van der Waals surface area contributed by atoms with E-state index in [2.05, 4.69) is 11.2 Å². The zero-order valence-electron chi connectivity index (χ0n) is 12.5. The van der Waals surface area contributed by atoms with E-state index in [0.717, 1.165) is 5.56 Å². The molecule has 0 aliphatic carbocycles. The van der Waals surface area contributed by atoms with Crippen LogP contribution in [0.2, 0.25) is 0 Å². The first-order valence-corrected chi connectivity index (χ1v) is 7.68. The molecule has 0 bridgehead atoms. The Kier molecular flexibility index (Phi) is 3.83. The van der Waals surface area contributed by atoms with Crippen LogP contribution in [0.15, 0.2) is 42.7 Å². The number of ether oxygens (including phenoxy) is 3. The van der Waals surface area contributed by atoms with Gasteiger partial charge in [0.25, 0.3) is 0 Å². The fourth-order valence-electron chi connectivity index (χ4n) is 3.17. The number of hydrogen-bond donors (Lipinski definition) is 0. The van der Waals surface area contributed by atoms with Crippen LogP contribution in [0.1, 0.15) is 17.2 Å². The molecule has 2 fully saturated rings. The van der Waals surface area contributed by atoms with E-state index in [4.69, 9.17) is 19.5 Å². The maximum atomic E-state index is 8.92. The summed E-state index contributed by atoms with van der Waals surface area (Å²) in [4.78, 5) is 0. The first-order valence-electron chi connectivity index (χ1n) is 7.68. The van der Waals surface area contributed by atoms with Crippen molar-refractivity contribution >= 4 is 0 Å². The average molecular weight is 311 g/mol. The molecule has 2 saturated heterocycles. The second kappa shape index (κ2) is 6.13. The molecule has 0 amide bonds. The van der Waals surface area contributed by atoms with Crippen LogP contribution in [0.3, 0.4) is 0 Å². The molecule has 2 unspecified atom stereocenters. The van der Waals surface area contributed by atoms with Gasteiger partial charge in [-0.05, 0) is 5.56 Å². The highest BCUT2D eigenvalue weighted by atomic mass is 16.6. The summed E-state index contributed by atoms with van der Waals surface area (Å²) in [6, 6.07) is 12.1. The van der Waals surface area contributed by atoms with E-state index < -0.39 is 0 Å². The number of nitriles is 1. The Hall–Kier alpha value is -2.20. The lowest BCUT2D eigenvalue weighted by Crippen LogP contribution is -2.32. The summed E-state index contributed by atoms with van der Waals surface area (Å²) < 4.78 is 19.5. The topological polar surface area (TPSA) is 69.3 Å². The van der Waals surface area contributed by atoms with Crippen molar-refractivity contribution in [2.45, 2.75) is 31.0 Å². The van der Waals surface area contributed by atoms with Crippen LogP contribution < -0.4 is 0 Å². The molecule has 4 rings (SSSR count). The Bertz CT molecular complexity index is 709. The minimum absolute atomic E-state index is 0.00701. The van der Waals surface area contributed by atoms with Gasteiger partial charge in [-0.2, -0.15) is 10.4 Å². The van der Waals surface area contributed by atoms with Crippen LogP contribution in [0.5, 0.6) is 0 Å². The Balaban J connectivity index is 1.40. The van der Waals surface area contributed by atoms with E-state index in [0.29, 0.717) is 25.4 Å². The van der Waals surface area contributed by atoms with Gasteiger partial charge in [-0.25, -0.2) is 0 Å². The summed E-state index contributed by atoms with van der Waals surface area (Å²) in [5.41, 5.74) is 1.68. The normalized spacial score (nSPS) is 29.3. The minimum Gasteiger partial charge on any atom is -0.370 e. The molecular weight excluding hydrogens is 294 g/mol. The van der Waals surface area contributed by atoms with Gasteiger partial charge in [0.05, 0.1) is 31.6 Å². The molecule has 1 aromatic carbocycles. The van der Waals surface area contributed by atoms with Gasteiger partial charge in [0.1, 0.15) is 30.4 Å². The predicted molar refractivity (Wildman–Crippen MR) is 80.5 cm³/mol. The third-order valence-corrected chi connectivity index (χ3v) is 4.36. The van der Waals surface area contributed by atoms with E-state index in [1.807, 2.05) is 30.3 Å². The molecule has 1 aromatic heterocycles. The quantitative estimate of drug-likeness (QED) is 0.859. The maximum Gasteiger partial charge on any atom is 0.114 e. The lowest BCUT2D eigenvalue weighted by Gasteiger charge is -2.17. The highest BCUT2D eigenvalue weighted by Crippen LogP contribution is 2.35. The summed E-state index contributed by atoms with van der Waals surface area (Å²) >= 11 is 0. The molecule has 6 heteroatoms. The van der Waals surface area contributed by atoms with Gasteiger partial charge in [0.2, 0.25) is 0 Å². The number of hydrogen-bond acceptors (Lipinski definition) is 5. The molecule has 2 aliphatic rings. The maximum absolute atomic E-state index is 8.92. The van der Waals surface area contributed by atoms with Crippen molar-refractivity contribution in [3.05, 3.63) is 53.9 Å². The molecule has 3 heterocycles. The standard InChI is InChI=1S/C17H17N3O3/c18-6-13-7-19-20(8-13)14-10-22-17-15(11-23-16(14)17)21-9-12-4-2-1-3-5-12/h1-5,7-8,14-17H,9-11H2/t14-,15+,16?,17?/m0/s1. The van der Waals surface area contributed by atoms with E-state index in [-0.39, 0.29) is 24.4 Å². The van der Waals surface area contributed by atoms with E-state index in [1.165, 1.54) is 0 Å². The number of rotatable bonds is 4. The molecule has 6 nitrogen and oxygen atoms in total. The third kappa shape index (κ3) is 2.75. The van der Waals surface area contributed by atoms with Crippen LogP contribution in [0, 0.1) is 11.3 Å². The summed E-state index contributed by atoms with van der Waals surface area (Å²) in [5, 5.41) is 13.2. The Morgan fingerprint density at radius 3 is 2.83 bits per heavy atom. The first kappa shape index (κ1) is 14.4. The van der Waals surface area contributed by atoms with Crippen LogP contribution in [0.25, 0.3) is 0 Å². The summed E-state index contributed by atoms with van der Waals surface area (Å²) in [5.74, 6) is 0. The lowest BCUT2D eigenvalue weighted by atomic mass is 10.1. The highest BCUT2D eigenvalue weighted by molar-refractivity contribution is 5.22. The summed E-state index contributed by atoms with van der Waals surface area (Å²) in [7, 11) is 0. The van der Waals surface area contributed by atoms with E-state index in [9.17, 15) is 0 Å². The molecule has 23 heavy (non-hydrogen) atoms. The number of aromatic nitrogens is 2. The number of nitrogens with zero attached hydrogens (tertiary/aromatic N) is 3. The Labute approximate surface area is 134 Å². The molecule has 2 aliphatic heterocycles. The van der Waals surface area contributed by atoms with Crippen LogP contribution in [-0.4, -0.2) is 41.3 Å². The molecule has 118 valence electrons. The van der Waals surface area contributed by atoms with Crippen molar-refractivity contribution in [3.8, 4) is 6.07 Å². The number of benzene rings is 1. The van der Waals surface area contributed by atoms with E-state index >= 15 is 0 Å². The monoisotopic (exact) mass is 311 g/mol. The molecule has 0 spiro atoms. The second-order valence-corrected chi connectivity index (χ2v) is 5.82. The molecule has 0 saturated carbocycles. The fraction of sp³-hybridized carbons (Fsp3) is 0.412. The van der Waals surface area contributed by atoms with Crippen molar-refractivity contribution in [1.82, 2.24) is 9.78 Å². The Morgan fingerprint density at radius 2 is 2.04 bits per heavy atom. The molecule has 2 aromatic rings. The van der Waals surface area contributed by atoms with Crippen LogP contribution in [0.4, 0.5) is 0 Å². The van der Waals surface area contributed by atoms with Crippen LogP contribution >= 0.6 is 0 Å². The zero-order chi connectivity index (χ0) is 15.6.